The van der Waals surface area contributed by atoms with Crippen LogP contribution in [0.25, 0.3) is 0 Å². The highest BCUT2D eigenvalue weighted by molar-refractivity contribution is 9.11. The lowest BCUT2D eigenvalue weighted by Gasteiger charge is -2.16. The summed E-state index contributed by atoms with van der Waals surface area (Å²) in [5, 5.41) is 16.9. The number of carbonyl (C=O) groups is 2. The highest BCUT2D eigenvalue weighted by Gasteiger charge is 2.13. The molecule has 0 spiro atoms. The fourth-order valence-electron chi connectivity index (χ4n) is 0.793. The smallest absolute Gasteiger partial charge is 0.317 e. The van der Waals surface area contributed by atoms with Crippen molar-refractivity contribution < 1.29 is 19.8 Å². The van der Waals surface area contributed by atoms with Crippen LogP contribution in [0.3, 0.4) is 0 Å². The largest absolute Gasteiger partial charge is 0.480 e. The first kappa shape index (κ1) is 12.1. The molecular weight excluding hydrogens is 242 g/mol. The van der Waals surface area contributed by atoms with Gasteiger partial charge >= 0.3 is 11.9 Å². The first-order chi connectivity index (χ1) is 5.91. The Bertz CT molecular complexity index is 190. The molecule has 0 aliphatic carbocycles. The molecule has 0 aromatic heterocycles. The van der Waals surface area contributed by atoms with Gasteiger partial charge in [-0.3, -0.25) is 14.5 Å². The Morgan fingerprint density at radius 3 is 1.77 bits per heavy atom. The van der Waals surface area contributed by atoms with E-state index in [2.05, 4.69) is 22.5 Å². The van der Waals surface area contributed by atoms with E-state index in [0.29, 0.717) is 4.48 Å². The van der Waals surface area contributed by atoms with Crippen LogP contribution in [0.1, 0.15) is 0 Å². The third-order valence-corrected chi connectivity index (χ3v) is 1.36. The minimum atomic E-state index is -1.06. The minimum absolute atomic E-state index is 0.207. The molecule has 0 atom stereocenters. The van der Waals surface area contributed by atoms with Crippen LogP contribution in [0.15, 0.2) is 11.1 Å². The number of aliphatic carboxylic acids is 2. The summed E-state index contributed by atoms with van der Waals surface area (Å²) in [5.74, 6) is -2.12. The normalized spacial score (nSPS) is 10.0. The average molecular weight is 252 g/mol. The monoisotopic (exact) mass is 251 g/mol. The fourth-order valence-corrected chi connectivity index (χ4v) is 1.15. The summed E-state index contributed by atoms with van der Waals surface area (Å²) in [7, 11) is 0. The molecule has 0 aromatic rings. The summed E-state index contributed by atoms with van der Waals surface area (Å²) < 4.78 is 0.551. The third kappa shape index (κ3) is 7.48. The molecule has 0 aromatic carbocycles. The third-order valence-electron chi connectivity index (χ3n) is 1.11. The fraction of sp³-hybridized carbons (Fsp3) is 0.429. The van der Waals surface area contributed by atoms with Crippen molar-refractivity contribution in [1.82, 2.24) is 4.90 Å². The molecular formula is C7H10BrNO4. The van der Waals surface area contributed by atoms with E-state index in [1.807, 2.05) is 0 Å². The second-order valence-electron chi connectivity index (χ2n) is 2.45. The van der Waals surface area contributed by atoms with Crippen LogP contribution < -0.4 is 0 Å². The van der Waals surface area contributed by atoms with Crippen molar-refractivity contribution in [3.63, 3.8) is 0 Å². The molecule has 0 saturated carbocycles. The molecule has 0 radical (unpaired) electrons. The second kappa shape index (κ2) is 5.71. The van der Waals surface area contributed by atoms with Crippen molar-refractivity contribution >= 4 is 27.9 Å². The molecule has 2 N–H and O–H groups in total. The Morgan fingerprint density at radius 2 is 1.54 bits per heavy atom. The van der Waals surface area contributed by atoms with Crippen LogP contribution in [0.5, 0.6) is 0 Å². The summed E-state index contributed by atoms with van der Waals surface area (Å²) in [4.78, 5) is 21.8. The van der Waals surface area contributed by atoms with Crippen LogP contribution in [0.2, 0.25) is 0 Å². The maximum Gasteiger partial charge on any atom is 0.317 e. The molecule has 13 heavy (non-hydrogen) atoms. The second-order valence-corrected chi connectivity index (χ2v) is 3.57. The predicted octanol–water partition coefficient (Wildman–Crippen LogP) is 0.366. The average Bonchev–Trinajstić information content (AvgIpc) is 1.80. The topological polar surface area (TPSA) is 77.8 Å². The zero-order valence-electron chi connectivity index (χ0n) is 6.86. The molecule has 0 aliphatic rings. The molecule has 0 aliphatic heterocycles. The van der Waals surface area contributed by atoms with Crippen LogP contribution in [0, 0.1) is 0 Å². The lowest BCUT2D eigenvalue weighted by atomic mass is 10.4. The van der Waals surface area contributed by atoms with E-state index in [-0.39, 0.29) is 19.6 Å². The number of carboxylic acids is 2. The highest BCUT2D eigenvalue weighted by Crippen LogP contribution is 2.03. The summed E-state index contributed by atoms with van der Waals surface area (Å²) in [6.07, 6.45) is 0. The van der Waals surface area contributed by atoms with Gasteiger partial charge in [0, 0.05) is 11.0 Å². The Morgan fingerprint density at radius 1 is 1.15 bits per heavy atom. The molecule has 0 heterocycles. The lowest BCUT2D eigenvalue weighted by molar-refractivity contribution is -0.141. The Balaban J connectivity index is 4.10. The SMILES string of the molecule is C=C(Br)CN(CC(=O)O)CC(=O)O. The van der Waals surface area contributed by atoms with Gasteiger partial charge in [0.25, 0.3) is 0 Å². The Kier molecular flexibility index (Phi) is 5.33. The van der Waals surface area contributed by atoms with Gasteiger partial charge in [0.1, 0.15) is 0 Å². The van der Waals surface area contributed by atoms with Crippen molar-refractivity contribution in [2.75, 3.05) is 19.6 Å². The van der Waals surface area contributed by atoms with Gasteiger partial charge in [0.15, 0.2) is 0 Å². The summed E-state index contributed by atoms with van der Waals surface area (Å²) in [6.45, 7) is 3.09. The van der Waals surface area contributed by atoms with Gasteiger partial charge in [-0.05, 0) is 0 Å². The summed E-state index contributed by atoms with van der Waals surface area (Å²) in [6, 6.07) is 0. The van der Waals surface area contributed by atoms with E-state index in [1.54, 1.807) is 0 Å². The first-order valence-corrected chi connectivity index (χ1v) is 4.20. The Hall–Kier alpha value is -0.880. The molecule has 5 nitrogen and oxygen atoms in total. The predicted molar refractivity (Wildman–Crippen MR) is 49.8 cm³/mol. The molecule has 0 rings (SSSR count). The maximum absolute atomic E-state index is 10.3. The van der Waals surface area contributed by atoms with Gasteiger partial charge in [-0.15, -0.1) is 0 Å². The Labute approximate surface area is 83.8 Å². The zero-order valence-corrected chi connectivity index (χ0v) is 8.45. The summed E-state index contributed by atoms with van der Waals surface area (Å²) >= 11 is 3.03. The van der Waals surface area contributed by atoms with Crippen molar-refractivity contribution in [3.8, 4) is 0 Å². The van der Waals surface area contributed by atoms with E-state index in [9.17, 15) is 9.59 Å². The van der Waals surface area contributed by atoms with Crippen LogP contribution in [0.4, 0.5) is 0 Å². The van der Waals surface area contributed by atoms with E-state index in [4.69, 9.17) is 10.2 Å². The van der Waals surface area contributed by atoms with E-state index in [1.165, 1.54) is 4.90 Å². The van der Waals surface area contributed by atoms with Crippen LogP contribution in [-0.4, -0.2) is 46.7 Å². The van der Waals surface area contributed by atoms with Gasteiger partial charge in [-0.2, -0.15) is 0 Å². The molecule has 0 amide bonds. The van der Waals surface area contributed by atoms with Crippen molar-refractivity contribution in [2.24, 2.45) is 0 Å². The standard InChI is InChI=1S/C7H10BrNO4/c1-5(8)2-9(3-6(10)11)4-7(12)13/h1-4H2,(H,10,11)(H,12,13). The van der Waals surface area contributed by atoms with Gasteiger partial charge < -0.3 is 10.2 Å². The summed E-state index contributed by atoms with van der Waals surface area (Å²) in [5.41, 5.74) is 0. The number of hydrogen-bond acceptors (Lipinski definition) is 3. The van der Waals surface area contributed by atoms with Gasteiger partial charge in [-0.1, -0.05) is 22.5 Å². The molecule has 0 bridgehead atoms. The minimum Gasteiger partial charge on any atom is -0.480 e. The van der Waals surface area contributed by atoms with Crippen molar-refractivity contribution in [2.45, 2.75) is 0 Å². The van der Waals surface area contributed by atoms with Gasteiger partial charge in [-0.25, -0.2) is 0 Å². The van der Waals surface area contributed by atoms with E-state index < -0.39 is 11.9 Å². The number of nitrogens with zero attached hydrogens (tertiary/aromatic N) is 1. The molecule has 0 saturated heterocycles. The molecule has 74 valence electrons. The lowest BCUT2D eigenvalue weighted by Crippen LogP contribution is -2.35. The van der Waals surface area contributed by atoms with Crippen LogP contribution >= 0.6 is 15.9 Å². The zero-order chi connectivity index (χ0) is 10.4. The van der Waals surface area contributed by atoms with Crippen molar-refractivity contribution in [3.05, 3.63) is 11.1 Å². The van der Waals surface area contributed by atoms with E-state index >= 15 is 0 Å². The van der Waals surface area contributed by atoms with E-state index in [0.717, 1.165) is 0 Å². The number of hydrogen-bond donors (Lipinski definition) is 2. The first-order valence-electron chi connectivity index (χ1n) is 3.41. The number of halogens is 1. The van der Waals surface area contributed by atoms with Crippen molar-refractivity contribution in [1.29, 1.82) is 0 Å². The molecule has 0 unspecified atom stereocenters. The molecule has 0 fully saturated rings. The van der Waals surface area contributed by atoms with Gasteiger partial charge in [0.05, 0.1) is 13.1 Å². The highest BCUT2D eigenvalue weighted by atomic mass is 79.9. The van der Waals surface area contributed by atoms with Gasteiger partial charge in [0.2, 0.25) is 0 Å². The number of rotatable bonds is 6. The quantitative estimate of drug-likeness (QED) is 0.713. The number of carboxylic acid groups (broad SMARTS) is 2. The maximum atomic E-state index is 10.3. The molecule has 6 heteroatoms. The van der Waals surface area contributed by atoms with Crippen LogP contribution in [-0.2, 0) is 9.59 Å².